The van der Waals surface area contributed by atoms with E-state index in [-0.39, 0.29) is 0 Å². The lowest BCUT2D eigenvalue weighted by Crippen LogP contribution is -2.19. The van der Waals surface area contributed by atoms with E-state index in [2.05, 4.69) is 0 Å². The van der Waals surface area contributed by atoms with Crippen molar-refractivity contribution in [2.45, 2.75) is 31.9 Å². The molecule has 1 atom stereocenters. The molecule has 4 heteroatoms. The van der Waals surface area contributed by atoms with Crippen LogP contribution >= 0.6 is 0 Å². The Morgan fingerprint density at radius 1 is 1.60 bits per heavy atom. The molecule has 10 heavy (non-hydrogen) atoms. The summed E-state index contributed by atoms with van der Waals surface area (Å²) in [5, 5.41) is -0.683. The fraction of sp³-hybridized carbons (Fsp3) is 0.833. The molecule has 1 unspecified atom stereocenters. The van der Waals surface area contributed by atoms with Gasteiger partial charge in [-0.1, -0.05) is 20.3 Å². The molecule has 0 spiro atoms. The molecular weight excluding hydrogens is 152 g/mol. The summed E-state index contributed by atoms with van der Waals surface area (Å²) in [5.74, 6) is 0. The topological polar surface area (TPSA) is 54.4 Å². The molecule has 0 heterocycles. The highest BCUT2D eigenvalue weighted by Gasteiger charge is 2.19. The van der Waals surface area contributed by atoms with Crippen molar-refractivity contribution in [2.75, 3.05) is 0 Å². The molecule has 0 saturated carbocycles. The second-order valence-corrected chi connectivity index (χ2v) is 3.81. The van der Waals surface area contributed by atoms with Gasteiger partial charge in [0.1, 0.15) is 0 Å². The maximum atomic E-state index is 10.5. The van der Waals surface area contributed by atoms with E-state index in [9.17, 15) is 8.42 Å². The van der Waals surface area contributed by atoms with Crippen LogP contribution in [-0.2, 0) is 10.1 Å². The third kappa shape index (κ3) is 3.17. The van der Waals surface area contributed by atoms with E-state index < -0.39 is 15.4 Å². The van der Waals surface area contributed by atoms with Crippen LogP contribution in [0, 0.1) is 6.42 Å². The molecule has 61 valence electrons. The number of rotatable bonds is 4. The summed E-state index contributed by atoms with van der Waals surface area (Å²) in [5.41, 5.74) is 0. The Balaban J connectivity index is 4.08. The summed E-state index contributed by atoms with van der Waals surface area (Å²) in [6.07, 6.45) is 2.75. The van der Waals surface area contributed by atoms with Gasteiger partial charge in [-0.15, -0.1) is 0 Å². The molecule has 0 saturated heterocycles. The zero-order valence-electron chi connectivity index (χ0n) is 6.24. The highest BCUT2D eigenvalue weighted by atomic mass is 32.2. The summed E-state index contributed by atoms with van der Waals surface area (Å²) >= 11 is 0. The Kier molecular flexibility index (Phi) is 3.89. The van der Waals surface area contributed by atoms with E-state index >= 15 is 0 Å². The Morgan fingerprint density at radius 3 is 2.20 bits per heavy atom. The maximum Gasteiger partial charge on any atom is 0.268 e. The van der Waals surface area contributed by atoms with Crippen LogP contribution in [0.5, 0.6) is 0 Å². The SMILES string of the molecule is C[CH]C(CCC)S(=O)(=O)O. The molecular formula is C6H13O3S. The van der Waals surface area contributed by atoms with Crippen LogP contribution in [0.3, 0.4) is 0 Å². The molecule has 0 aromatic rings. The van der Waals surface area contributed by atoms with Crippen LogP contribution in [-0.4, -0.2) is 18.2 Å². The van der Waals surface area contributed by atoms with Crippen LogP contribution in [0.4, 0.5) is 0 Å². The highest BCUT2D eigenvalue weighted by Crippen LogP contribution is 2.09. The quantitative estimate of drug-likeness (QED) is 0.638. The van der Waals surface area contributed by atoms with Crippen molar-refractivity contribution in [3.05, 3.63) is 6.42 Å². The minimum Gasteiger partial charge on any atom is -0.285 e. The van der Waals surface area contributed by atoms with Gasteiger partial charge in [-0.2, -0.15) is 8.42 Å². The zero-order valence-corrected chi connectivity index (χ0v) is 7.06. The molecule has 0 aliphatic carbocycles. The first-order chi connectivity index (χ1) is 4.52. The normalized spacial score (nSPS) is 15.1. The van der Waals surface area contributed by atoms with E-state index in [1.807, 2.05) is 6.92 Å². The van der Waals surface area contributed by atoms with Crippen molar-refractivity contribution in [3.63, 3.8) is 0 Å². The molecule has 0 aromatic heterocycles. The molecule has 3 nitrogen and oxygen atoms in total. The Morgan fingerprint density at radius 2 is 2.10 bits per heavy atom. The van der Waals surface area contributed by atoms with E-state index in [1.54, 1.807) is 6.92 Å². The molecule has 0 aliphatic rings. The van der Waals surface area contributed by atoms with Crippen molar-refractivity contribution < 1.29 is 13.0 Å². The van der Waals surface area contributed by atoms with Crippen molar-refractivity contribution in [3.8, 4) is 0 Å². The lowest BCUT2D eigenvalue weighted by atomic mass is 10.2. The fourth-order valence-corrected chi connectivity index (χ4v) is 1.65. The Hall–Kier alpha value is -0.0900. The Bertz CT molecular complexity index is 171. The summed E-state index contributed by atoms with van der Waals surface area (Å²) in [6, 6.07) is 0. The van der Waals surface area contributed by atoms with Gasteiger partial charge in [-0.3, -0.25) is 4.55 Å². The van der Waals surface area contributed by atoms with Gasteiger partial charge in [-0.05, 0) is 12.8 Å². The predicted octanol–water partition coefficient (Wildman–Crippen LogP) is 1.27. The molecule has 0 rings (SSSR count). The van der Waals surface area contributed by atoms with Crippen LogP contribution in [0.15, 0.2) is 0 Å². The number of hydrogen-bond acceptors (Lipinski definition) is 2. The first kappa shape index (κ1) is 9.91. The van der Waals surface area contributed by atoms with Gasteiger partial charge in [0.2, 0.25) is 0 Å². The fourth-order valence-electron chi connectivity index (χ4n) is 0.772. The molecule has 1 radical (unpaired) electrons. The lowest BCUT2D eigenvalue weighted by Gasteiger charge is -2.07. The summed E-state index contributed by atoms with van der Waals surface area (Å²) in [6.45, 7) is 3.51. The summed E-state index contributed by atoms with van der Waals surface area (Å²) in [7, 11) is -3.83. The second-order valence-electron chi connectivity index (χ2n) is 2.18. The van der Waals surface area contributed by atoms with Crippen LogP contribution in [0.1, 0.15) is 26.7 Å². The van der Waals surface area contributed by atoms with Crippen molar-refractivity contribution in [2.24, 2.45) is 0 Å². The van der Waals surface area contributed by atoms with Gasteiger partial charge in [0, 0.05) is 0 Å². The monoisotopic (exact) mass is 165 g/mol. The van der Waals surface area contributed by atoms with Gasteiger partial charge >= 0.3 is 0 Å². The number of hydrogen-bond donors (Lipinski definition) is 1. The van der Waals surface area contributed by atoms with Gasteiger partial charge in [0.25, 0.3) is 10.1 Å². The van der Waals surface area contributed by atoms with Crippen molar-refractivity contribution in [1.29, 1.82) is 0 Å². The largest absolute Gasteiger partial charge is 0.285 e. The van der Waals surface area contributed by atoms with Gasteiger partial charge < -0.3 is 0 Å². The average molecular weight is 165 g/mol. The van der Waals surface area contributed by atoms with Crippen molar-refractivity contribution in [1.82, 2.24) is 0 Å². The van der Waals surface area contributed by atoms with Gasteiger partial charge in [-0.25, -0.2) is 0 Å². The standard InChI is InChI=1S/C6H13O3S/c1-3-5-6(4-2)10(7,8)9/h4,6H,3,5H2,1-2H3,(H,7,8,9). The second kappa shape index (κ2) is 3.93. The maximum absolute atomic E-state index is 10.5. The van der Waals surface area contributed by atoms with Gasteiger partial charge in [0.05, 0.1) is 5.25 Å². The van der Waals surface area contributed by atoms with E-state index in [0.717, 1.165) is 6.42 Å². The minimum atomic E-state index is -3.83. The summed E-state index contributed by atoms with van der Waals surface area (Å²) < 4.78 is 29.5. The predicted molar refractivity (Wildman–Crippen MR) is 40.2 cm³/mol. The summed E-state index contributed by atoms with van der Waals surface area (Å²) in [4.78, 5) is 0. The highest BCUT2D eigenvalue weighted by molar-refractivity contribution is 7.86. The smallest absolute Gasteiger partial charge is 0.268 e. The van der Waals surface area contributed by atoms with Crippen LogP contribution in [0.2, 0.25) is 0 Å². The molecule has 0 amide bonds. The van der Waals surface area contributed by atoms with E-state index in [0.29, 0.717) is 6.42 Å². The van der Waals surface area contributed by atoms with E-state index in [1.165, 1.54) is 6.42 Å². The van der Waals surface area contributed by atoms with Crippen LogP contribution in [0.25, 0.3) is 0 Å². The first-order valence-corrected chi connectivity index (χ1v) is 4.78. The zero-order chi connectivity index (χ0) is 8.20. The Labute approximate surface area is 62.2 Å². The molecule has 0 aliphatic heterocycles. The third-order valence-electron chi connectivity index (χ3n) is 1.33. The average Bonchev–Trinajstić information content (AvgIpc) is 1.80. The molecule has 1 N–H and O–H groups in total. The van der Waals surface area contributed by atoms with E-state index in [4.69, 9.17) is 4.55 Å². The first-order valence-electron chi connectivity index (χ1n) is 3.28. The lowest BCUT2D eigenvalue weighted by molar-refractivity contribution is 0.468. The third-order valence-corrected chi connectivity index (χ3v) is 2.60. The molecule has 0 bridgehead atoms. The van der Waals surface area contributed by atoms with Gasteiger partial charge in [0.15, 0.2) is 0 Å². The van der Waals surface area contributed by atoms with Crippen molar-refractivity contribution >= 4 is 10.1 Å². The molecule has 0 aromatic carbocycles. The molecule has 0 fully saturated rings. The van der Waals surface area contributed by atoms with Crippen LogP contribution < -0.4 is 0 Å². The minimum absolute atomic E-state index is 0.495.